The van der Waals surface area contributed by atoms with Crippen LogP contribution in [0.2, 0.25) is 0 Å². The summed E-state index contributed by atoms with van der Waals surface area (Å²) in [6.07, 6.45) is 3.18. The van der Waals surface area contributed by atoms with Gasteiger partial charge in [-0.1, -0.05) is 72.0 Å². The Morgan fingerprint density at radius 2 is 1.79 bits per heavy atom. The van der Waals surface area contributed by atoms with Crippen LogP contribution in [0.4, 0.5) is 0 Å². The molecule has 0 aliphatic carbocycles. The van der Waals surface area contributed by atoms with Gasteiger partial charge in [0, 0.05) is 55.6 Å². The average molecular weight is 410 g/mol. The van der Waals surface area contributed by atoms with Crippen molar-refractivity contribution < 1.29 is 0 Å². The summed E-state index contributed by atoms with van der Waals surface area (Å²) in [5.41, 5.74) is 5.32. The highest BCUT2D eigenvalue weighted by molar-refractivity contribution is 8.22. The zero-order valence-corrected chi connectivity index (χ0v) is 18.0. The van der Waals surface area contributed by atoms with Crippen LogP contribution in [0, 0.1) is 6.92 Å². The van der Waals surface area contributed by atoms with E-state index >= 15 is 0 Å². The van der Waals surface area contributed by atoms with Crippen molar-refractivity contribution in [2.45, 2.75) is 19.9 Å². The van der Waals surface area contributed by atoms with E-state index in [0.29, 0.717) is 0 Å². The first kappa shape index (κ1) is 19.5. The number of fused-ring (bicyclic) bond motifs is 1. The Morgan fingerprint density at radius 1 is 1.04 bits per heavy atom. The highest BCUT2D eigenvalue weighted by Gasteiger charge is 2.19. The van der Waals surface area contributed by atoms with Crippen LogP contribution in [-0.4, -0.2) is 51.0 Å². The van der Waals surface area contributed by atoms with Crippen molar-refractivity contribution in [1.29, 1.82) is 0 Å². The van der Waals surface area contributed by atoms with E-state index < -0.39 is 0 Å². The minimum atomic E-state index is 1.03. The van der Waals surface area contributed by atoms with E-state index in [0.717, 1.165) is 49.2 Å². The number of thiocarbonyl (C=S) groups is 1. The number of nitrogens with one attached hydrogen (secondary N) is 1. The average Bonchev–Trinajstić information content (AvgIpc) is 3.13. The van der Waals surface area contributed by atoms with Crippen LogP contribution in [0.3, 0.4) is 0 Å². The van der Waals surface area contributed by atoms with Gasteiger partial charge in [-0.05, 0) is 30.5 Å². The van der Waals surface area contributed by atoms with Crippen molar-refractivity contribution in [3.63, 3.8) is 0 Å². The maximum Gasteiger partial charge on any atom is 0.136 e. The molecular weight excluding hydrogens is 382 g/mol. The van der Waals surface area contributed by atoms with Crippen molar-refractivity contribution >= 4 is 39.2 Å². The SMILES string of the molecule is Cc1ccc(CN2CCN(C(=S)SCCc3c[nH]c4ccccc34)CC2)cc1. The lowest BCUT2D eigenvalue weighted by atomic mass is 10.1. The van der Waals surface area contributed by atoms with Gasteiger partial charge in [-0.2, -0.15) is 0 Å². The highest BCUT2D eigenvalue weighted by atomic mass is 32.2. The van der Waals surface area contributed by atoms with Gasteiger partial charge in [0.25, 0.3) is 0 Å². The molecule has 4 rings (SSSR count). The van der Waals surface area contributed by atoms with Crippen molar-refractivity contribution in [2.24, 2.45) is 0 Å². The molecule has 0 unspecified atom stereocenters. The zero-order chi connectivity index (χ0) is 19.3. The molecule has 146 valence electrons. The smallest absolute Gasteiger partial charge is 0.136 e. The molecule has 1 aliphatic rings. The maximum atomic E-state index is 5.71. The Morgan fingerprint density at radius 3 is 2.57 bits per heavy atom. The number of para-hydroxylation sites is 1. The Balaban J connectivity index is 1.21. The molecular formula is C23H27N3S2. The van der Waals surface area contributed by atoms with Gasteiger partial charge in [0.2, 0.25) is 0 Å². The molecule has 3 aromatic rings. The highest BCUT2D eigenvalue weighted by Crippen LogP contribution is 2.21. The Kier molecular flexibility index (Phi) is 6.35. The predicted molar refractivity (Wildman–Crippen MR) is 125 cm³/mol. The summed E-state index contributed by atoms with van der Waals surface area (Å²) in [7, 11) is 0. The topological polar surface area (TPSA) is 22.3 Å². The molecule has 1 aliphatic heterocycles. The van der Waals surface area contributed by atoms with E-state index in [2.05, 4.69) is 76.4 Å². The van der Waals surface area contributed by atoms with Crippen LogP contribution in [-0.2, 0) is 13.0 Å². The second kappa shape index (κ2) is 9.12. The van der Waals surface area contributed by atoms with Crippen LogP contribution in [0.25, 0.3) is 10.9 Å². The number of H-pyrrole nitrogens is 1. The lowest BCUT2D eigenvalue weighted by molar-refractivity contribution is 0.179. The molecule has 0 spiro atoms. The summed E-state index contributed by atoms with van der Waals surface area (Å²) in [5, 5.41) is 1.33. The molecule has 1 aromatic heterocycles. The normalized spacial score (nSPS) is 15.2. The number of aromatic amines is 1. The molecule has 0 saturated carbocycles. The monoisotopic (exact) mass is 409 g/mol. The largest absolute Gasteiger partial charge is 0.361 e. The van der Waals surface area contributed by atoms with E-state index in [4.69, 9.17) is 12.2 Å². The molecule has 0 radical (unpaired) electrons. The molecule has 0 amide bonds. The molecule has 1 saturated heterocycles. The summed E-state index contributed by atoms with van der Waals surface area (Å²) >= 11 is 7.53. The summed E-state index contributed by atoms with van der Waals surface area (Å²) in [6, 6.07) is 17.4. The van der Waals surface area contributed by atoms with E-state index in [1.807, 2.05) is 11.8 Å². The Labute approximate surface area is 177 Å². The molecule has 0 bridgehead atoms. The van der Waals surface area contributed by atoms with E-state index in [-0.39, 0.29) is 0 Å². The molecule has 1 fully saturated rings. The molecule has 2 aromatic carbocycles. The Bertz CT molecular complexity index is 924. The van der Waals surface area contributed by atoms with Gasteiger partial charge in [0.05, 0.1) is 0 Å². The quantitative estimate of drug-likeness (QED) is 0.608. The van der Waals surface area contributed by atoms with Crippen molar-refractivity contribution in [1.82, 2.24) is 14.8 Å². The zero-order valence-electron chi connectivity index (χ0n) is 16.4. The standard InChI is InChI=1S/C23H27N3S2/c1-18-6-8-19(9-7-18)17-25-11-13-26(14-12-25)23(27)28-15-10-20-16-24-22-5-3-2-4-21(20)22/h2-9,16,24H,10-15,17H2,1H3. The van der Waals surface area contributed by atoms with Crippen LogP contribution < -0.4 is 0 Å². The van der Waals surface area contributed by atoms with Crippen LogP contribution >= 0.6 is 24.0 Å². The first-order valence-corrected chi connectivity index (χ1v) is 11.3. The number of hydrogen-bond donors (Lipinski definition) is 1. The van der Waals surface area contributed by atoms with Gasteiger partial charge in [-0.3, -0.25) is 4.90 Å². The molecule has 28 heavy (non-hydrogen) atoms. The minimum Gasteiger partial charge on any atom is -0.361 e. The lowest BCUT2D eigenvalue weighted by Gasteiger charge is -2.36. The number of aryl methyl sites for hydroxylation is 2. The van der Waals surface area contributed by atoms with Gasteiger partial charge in [0.15, 0.2) is 0 Å². The summed E-state index contributed by atoms with van der Waals surface area (Å²) in [6.45, 7) is 7.40. The molecule has 5 heteroatoms. The molecule has 3 nitrogen and oxygen atoms in total. The predicted octanol–water partition coefficient (Wildman–Crippen LogP) is 4.85. The van der Waals surface area contributed by atoms with E-state index in [1.54, 1.807) is 0 Å². The molecule has 1 N–H and O–H groups in total. The fourth-order valence-electron chi connectivity index (χ4n) is 3.72. The van der Waals surface area contributed by atoms with Crippen molar-refractivity contribution in [2.75, 3.05) is 31.9 Å². The van der Waals surface area contributed by atoms with Crippen LogP contribution in [0.5, 0.6) is 0 Å². The third-order valence-electron chi connectivity index (χ3n) is 5.43. The number of hydrogen-bond acceptors (Lipinski definition) is 3. The molecule has 0 atom stereocenters. The van der Waals surface area contributed by atoms with Crippen LogP contribution in [0.15, 0.2) is 54.7 Å². The number of piperazine rings is 1. The van der Waals surface area contributed by atoms with Gasteiger partial charge in [-0.15, -0.1) is 0 Å². The van der Waals surface area contributed by atoms with Crippen LogP contribution in [0.1, 0.15) is 16.7 Å². The fourth-order valence-corrected chi connectivity index (χ4v) is 5.01. The second-order valence-electron chi connectivity index (χ2n) is 7.47. The van der Waals surface area contributed by atoms with Crippen molar-refractivity contribution in [3.05, 3.63) is 71.4 Å². The van der Waals surface area contributed by atoms with Gasteiger partial charge in [0.1, 0.15) is 4.32 Å². The third-order valence-corrected chi connectivity index (χ3v) is 6.95. The van der Waals surface area contributed by atoms with E-state index in [1.165, 1.54) is 27.6 Å². The third kappa shape index (κ3) is 4.77. The number of nitrogens with zero attached hydrogens (tertiary/aromatic N) is 2. The number of thioether (sulfide) groups is 1. The molecule has 2 heterocycles. The summed E-state index contributed by atoms with van der Waals surface area (Å²) < 4.78 is 1.05. The maximum absolute atomic E-state index is 5.71. The van der Waals surface area contributed by atoms with Gasteiger partial charge < -0.3 is 9.88 Å². The van der Waals surface area contributed by atoms with Gasteiger partial charge >= 0.3 is 0 Å². The fraction of sp³-hybridized carbons (Fsp3) is 0.348. The second-order valence-corrected chi connectivity index (χ2v) is 9.20. The number of aromatic nitrogens is 1. The van der Waals surface area contributed by atoms with Gasteiger partial charge in [-0.25, -0.2) is 0 Å². The lowest BCUT2D eigenvalue weighted by Crippen LogP contribution is -2.47. The summed E-state index contributed by atoms with van der Waals surface area (Å²) in [4.78, 5) is 8.26. The first-order chi connectivity index (χ1) is 13.7. The van der Waals surface area contributed by atoms with E-state index in [9.17, 15) is 0 Å². The number of benzene rings is 2. The Hall–Kier alpha value is -1.82. The van der Waals surface area contributed by atoms with Crippen molar-refractivity contribution in [3.8, 4) is 0 Å². The first-order valence-electron chi connectivity index (χ1n) is 9.93. The number of rotatable bonds is 5. The summed E-state index contributed by atoms with van der Waals surface area (Å²) in [5.74, 6) is 1.03. The minimum absolute atomic E-state index is 1.03.